The minimum Gasteiger partial charge on any atom is -0.372 e. The first-order valence-corrected chi connectivity index (χ1v) is 6.06. The van der Waals surface area contributed by atoms with Gasteiger partial charge in [0.1, 0.15) is 11.0 Å². The zero-order chi connectivity index (χ0) is 13.3. The molecule has 0 aliphatic carbocycles. The van der Waals surface area contributed by atoms with Crippen LogP contribution in [0.5, 0.6) is 0 Å². The largest absolute Gasteiger partial charge is 0.372 e. The van der Waals surface area contributed by atoms with Gasteiger partial charge in [-0.15, -0.1) is 0 Å². The van der Waals surface area contributed by atoms with E-state index >= 15 is 0 Å². The Morgan fingerprint density at radius 2 is 2.06 bits per heavy atom. The van der Waals surface area contributed by atoms with E-state index in [1.807, 2.05) is 18.7 Å². The molecule has 1 fully saturated rings. The maximum atomic E-state index is 10.8. The van der Waals surface area contributed by atoms with Crippen LogP contribution in [0.3, 0.4) is 0 Å². The van der Waals surface area contributed by atoms with E-state index in [0.717, 1.165) is 0 Å². The van der Waals surface area contributed by atoms with Gasteiger partial charge in [-0.05, 0) is 13.8 Å². The predicted octanol–water partition coefficient (Wildman–Crippen LogP) is 2.26. The van der Waals surface area contributed by atoms with E-state index in [-0.39, 0.29) is 23.0 Å². The average Bonchev–Trinajstić information content (AvgIpc) is 2.26. The van der Waals surface area contributed by atoms with Crippen LogP contribution in [0.2, 0.25) is 5.15 Å². The summed E-state index contributed by atoms with van der Waals surface area (Å²) < 4.78 is 5.61. The van der Waals surface area contributed by atoms with Gasteiger partial charge in [0.05, 0.1) is 29.3 Å². The molecule has 0 radical (unpaired) electrons. The van der Waals surface area contributed by atoms with Gasteiger partial charge < -0.3 is 9.64 Å². The van der Waals surface area contributed by atoms with Gasteiger partial charge in [0.15, 0.2) is 0 Å². The highest BCUT2D eigenvalue weighted by Crippen LogP contribution is 2.25. The number of anilines is 1. The second kappa shape index (κ2) is 5.07. The molecule has 0 bridgehead atoms. The van der Waals surface area contributed by atoms with Gasteiger partial charge in [0, 0.05) is 13.1 Å². The molecule has 2 rings (SSSR count). The standard InChI is InChI=1S/C11H14ClN3O3/c1-7-5-14(6-8(2)18-7)11-4-9(15(16)17)3-10(12)13-11/h3-4,7-8H,5-6H2,1-2H3. The van der Waals surface area contributed by atoms with E-state index in [1.54, 1.807) is 0 Å². The highest BCUT2D eigenvalue weighted by atomic mass is 35.5. The lowest BCUT2D eigenvalue weighted by Crippen LogP contribution is -2.45. The second-order valence-corrected chi connectivity index (χ2v) is 4.81. The Morgan fingerprint density at radius 3 is 2.61 bits per heavy atom. The summed E-state index contributed by atoms with van der Waals surface area (Å²) >= 11 is 5.81. The Bertz CT molecular complexity index is 459. The minimum absolute atomic E-state index is 0.0446. The van der Waals surface area contributed by atoms with Gasteiger partial charge in [0.25, 0.3) is 5.69 Å². The lowest BCUT2D eigenvalue weighted by molar-refractivity contribution is -0.384. The maximum absolute atomic E-state index is 10.8. The molecule has 1 aromatic rings. The Balaban J connectivity index is 2.29. The predicted molar refractivity (Wildman–Crippen MR) is 68.1 cm³/mol. The number of nitrogens with zero attached hydrogens (tertiary/aromatic N) is 3. The first-order chi connectivity index (χ1) is 8.45. The van der Waals surface area contributed by atoms with Gasteiger partial charge >= 0.3 is 0 Å². The van der Waals surface area contributed by atoms with Crippen LogP contribution in [0.4, 0.5) is 11.5 Å². The zero-order valence-corrected chi connectivity index (χ0v) is 10.9. The molecular formula is C11H14ClN3O3. The van der Waals surface area contributed by atoms with Crippen molar-refractivity contribution >= 4 is 23.1 Å². The molecule has 0 aromatic carbocycles. The number of nitro groups is 1. The molecule has 98 valence electrons. The van der Waals surface area contributed by atoms with Crippen LogP contribution in [0.25, 0.3) is 0 Å². The number of aromatic nitrogens is 1. The molecule has 2 unspecified atom stereocenters. The normalized spacial score (nSPS) is 24.1. The fraction of sp³-hybridized carbons (Fsp3) is 0.545. The second-order valence-electron chi connectivity index (χ2n) is 4.43. The zero-order valence-electron chi connectivity index (χ0n) is 10.2. The fourth-order valence-corrected chi connectivity index (χ4v) is 2.30. The molecule has 1 aliphatic heterocycles. The number of hydrogen-bond donors (Lipinski definition) is 0. The molecule has 2 atom stereocenters. The topological polar surface area (TPSA) is 68.5 Å². The lowest BCUT2D eigenvalue weighted by Gasteiger charge is -2.35. The Morgan fingerprint density at radius 1 is 1.44 bits per heavy atom. The Hall–Kier alpha value is -1.40. The number of hydrogen-bond acceptors (Lipinski definition) is 5. The highest BCUT2D eigenvalue weighted by Gasteiger charge is 2.24. The SMILES string of the molecule is CC1CN(c2cc([N+](=O)[O-])cc(Cl)n2)CC(C)O1. The van der Waals surface area contributed by atoms with Crippen molar-refractivity contribution in [2.75, 3.05) is 18.0 Å². The van der Waals surface area contributed by atoms with Crippen molar-refractivity contribution in [3.63, 3.8) is 0 Å². The summed E-state index contributed by atoms with van der Waals surface area (Å²) in [5, 5.41) is 10.9. The van der Waals surface area contributed by atoms with Crippen LogP contribution in [-0.4, -0.2) is 35.2 Å². The first-order valence-electron chi connectivity index (χ1n) is 5.68. The Kier molecular flexibility index (Phi) is 3.68. The number of ether oxygens (including phenoxy) is 1. The number of pyridine rings is 1. The molecule has 0 amide bonds. The number of rotatable bonds is 2. The molecular weight excluding hydrogens is 258 g/mol. The third-order valence-electron chi connectivity index (χ3n) is 2.72. The molecule has 1 aliphatic rings. The van der Waals surface area contributed by atoms with E-state index in [0.29, 0.717) is 18.9 Å². The Labute approximate surface area is 110 Å². The van der Waals surface area contributed by atoms with Crippen molar-refractivity contribution in [2.24, 2.45) is 0 Å². The molecule has 2 heterocycles. The minimum atomic E-state index is -0.468. The van der Waals surface area contributed by atoms with Crippen LogP contribution < -0.4 is 4.90 Å². The van der Waals surface area contributed by atoms with E-state index in [2.05, 4.69) is 4.98 Å². The van der Waals surface area contributed by atoms with Gasteiger partial charge in [-0.25, -0.2) is 4.98 Å². The van der Waals surface area contributed by atoms with Crippen molar-refractivity contribution in [2.45, 2.75) is 26.1 Å². The van der Waals surface area contributed by atoms with Crippen molar-refractivity contribution < 1.29 is 9.66 Å². The summed E-state index contributed by atoms with van der Waals surface area (Å²) in [6.45, 7) is 5.22. The van der Waals surface area contributed by atoms with Crippen molar-refractivity contribution in [3.8, 4) is 0 Å². The highest BCUT2D eigenvalue weighted by molar-refractivity contribution is 6.29. The van der Waals surface area contributed by atoms with E-state index in [4.69, 9.17) is 16.3 Å². The summed E-state index contributed by atoms with van der Waals surface area (Å²) in [4.78, 5) is 16.4. The van der Waals surface area contributed by atoms with Gasteiger partial charge in [-0.3, -0.25) is 10.1 Å². The van der Waals surface area contributed by atoms with E-state index < -0.39 is 4.92 Å². The van der Waals surface area contributed by atoms with Crippen LogP contribution in [0.1, 0.15) is 13.8 Å². The van der Waals surface area contributed by atoms with Gasteiger partial charge in [-0.1, -0.05) is 11.6 Å². The molecule has 1 saturated heterocycles. The smallest absolute Gasteiger partial charge is 0.276 e. The van der Waals surface area contributed by atoms with Crippen LogP contribution >= 0.6 is 11.6 Å². The third kappa shape index (κ3) is 2.88. The fourth-order valence-electron chi connectivity index (χ4n) is 2.10. The molecule has 7 heteroatoms. The summed E-state index contributed by atoms with van der Waals surface area (Å²) in [6.07, 6.45) is 0.127. The molecule has 6 nitrogen and oxygen atoms in total. The third-order valence-corrected chi connectivity index (χ3v) is 2.91. The lowest BCUT2D eigenvalue weighted by atomic mass is 10.2. The molecule has 1 aromatic heterocycles. The summed E-state index contributed by atoms with van der Waals surface area (Å²) in [7, 11) is 0. The summed E-state index contributed by atoms with van der Waals surface area (Å²) in [6, 6.07) is 2.69. The van der Waals surface area contributed by atoms with Crippen LogP contribution in [-0.2, 0) is 4.74 Å². The van der Waals surface area contributed by atoms with Crippen LogP contribution in [0.15, 0.2) is 12.1 Å². The summed E-state index contributed by atoms with van der Waals surface area (Å²) in [5.41, 5.74) is -0.0446. The van der Waals surface area contributed by atoms with Crippen molar-refractivity contribution in [1.82, 2.24) is 4.98 Å². The average molecular weight is 272 g/mol. The van der Waals surface area contributed by atoms with Crippen molar-refractivity contribution in [1.29, 1.82) is 0 Å². The molecule has 18 heavy (non-hydrogen) atoms. The first kappa shape index (κ1) is 13.0. The van der Waals surface area contributed by atoms with Gasteiger partial charge in [0.2, 0.25) is 0 Å². The monoisotopic (exact) mass is 271 g/mol. The van der Waals surface area contributed by atoms with Crippen LogP contribution in [0, 0.1) is 10.1 Å². The maximum Gasteiger partial charge on any atom is 0.276 e. The van der Waals surface area contributed by atoms with Crippen molar-refractivity contribution in [3.05, 3.63) is 27.4 Å². The van der Waals surface area contributed by atoms with Gasteiger partial charge in [-0.2, -0.15) is 0 Å². The molecule has 0 N–H and O–H groups in total. The summed E-state index contributed by atoms with van der Waals surface area (Å²) in [5.74, 6) is 0.524. The molecule has 0 saturated carbocycles. The number of morpholine rings is 1. The molecule has 0 spiro atoms. The quantitative estimate of drug-likeness (QED) is 0.469. The van der Waals surface area contributed by atoms with E-state index in [9.17, 15) is 10.1 Å². The number of halogens is 1. The van der Waals surface area contributed by atoms with E-state index in [1.165, 1.54) is 12.1 Å².